The minimum Gasteiger partial charge on any atom is -0.371 e. The van der Waals surface area contributed by atoms with E-state index in [1.54, 1.807) is 0 Å². The van der Waals surface area contributed by atoms with Crippen molar-refractivity contribution in [3.63, 3.8) is 0 Å². The maximum Gasteiger partial charge on any atom is 0.247 e. The number of hydrogen-bond donors (Lipinski definition) is 2. The van der Waals surface area contributed by atoms with Gasteiger partial charge in [-0.25, -0.2) is 0 Å². The molecule has 136 valence electrons. The van der Waals surface area contributed by atoms with Crippen molar-refractivity contribution in [1.82, 2.24) is 5.32 Å². The van der Waals surface area contributed by atoms with Gasteiger partial charge in [-0.3, -0.25) is 4.79 Å². The number of hydrogen-bond acceptors (Lipinski definition) is 2. The van der Waals surface area contributed by atoms with Gasteiger partial charge < -0.3 is 10.6 Å². The van der Waals surface area contributed by atoms with E-state index in [-0.39, 0.29) is 11.9 Å². The quantitative estimate of drug-likeness (QED) is 0.621. The molecule has 1 amide bonds. The van der Waals surface area contributed by atoms with Crippen molar-refractivity contribution in [3.8, 4) is 0 Å². The SMILES string of the molecule is CC(NC(=O)C(/C=C/c1ccccc1)Nc1ccccc1)c1ccccc1. The first-order valence-electron chi connectivity index (χ1n) is 9.12. The number of anilines is 1. The van der Waals surface area contributed by atoms with E-state index in [1.165, 1.54) is 0 Å². The molecule has 0 aliphatic rings. The Morgan fingerprint density at radius 1 is 0.815 bits per heavy atom. The minimum atomic E-state index is -0.473. The highest BCUT2D eigenvalue weighted by atomic mass is 16.2. The van der Waals surface area contributed by atoms with Gasteiger partial charge in [0.05, 0.1) is 6.04 Å². The maximum atomic E-state index is 12.9. The van der Waals surface area contributed by atoms with E-state index in [1.807, 2.05) is 110 Å². The Bertz CT molecular complexity index is 861. The highest BCUT2D eigenvalue weighted by molar-refractivity contribution is 5.88. The summed E-state index contributed by atoms with van der Waals surface area (Å²) in [6, 6.07) is 29.2. The smallest absolute Gasteiger partial charge is 0.247 e. The average molecular weight is 356 g/mol. The van der Waals surface area contributed by atoms with Gasteiger partial charge in [-0.1, -0.05) is 91.0 Å². The Morgan fingerprint density at radius 2 is 1.37 bits per heavy atom. The Hall–Kier alpha value is -3.33. The van der Waals surface area contributed by atoms with Crippen LogP contribution in [0.15, 0.2) is 97.1 Å². The molecule has 0 aliphatic heterocycles. The lowest BCUT2D eigenvalue weighted by molar-refractivity contribution is -0.121. The van der Waals surface area contributed by atoms with Crippen LogP contribution in [0.25, 0.3) is 6.08 Å². The largest absolute Gasteiger partial charge is 0.371 e. The van der Waals surface area contributed by atoms with Crippen molar-refractivity contribution >= 4 is 17.7 Å². The van der Waals surface area contributed by atoms with Crippen LogP contribution in [0.4, 0.5) is 5.69 Å². The van der Waals surface area contributed by atoms with Crippen molar-refractivity contribution < 1.29 is 4.79 Å². The van der Waals surface area contributed by atoms with Crippen molar-refractivity contribution in [2.24, 2.45) is 0 Å². The maximum absolute atomic E-state index is 12.9. The molecular formula is C24H24N2O. The van der Waals surface area contributed by atoms with Crippen LogP contribution in [0.1, 0.15) is 24.1 Å². The Balaban J connectivity index is 1.75. The number of para-hydroxylation sites is 1. The Labute approximate surface area is 160 Å². The third-order valence-corrected chi connectivity index (χ3v) is 4.32. The van der Waals surface area contributed by atoms with Gasteiger partial charge in [0.15, 0.2) is 0 Å². The van der Waals surface area contributed by atoms with Gasteiger partial charge in [-0.05, 0) is 30.2 Å². The summed E-state index contributed by atoms with van der Waals surface area (Å²) in [5.74, 6) is -0.0672. The summed E-state index contributed by atoms with van der Waals surface area (Å²) >= 11 is 0. The number of rotatable bonds is 7. The van der Waals surface area contributed by atoms with E-state index in [0.29, 0.717) is 0 Å². The predicted octanol–water partition coefficient (Wildman–Crippen LogP) is 5.06. The van der Waals surface area contributed by atoms with Gasteiger partial charge in [0, 0.05) is 5.69 Å². The standard InChI is InChI=1S/C24H24N2O/c1-19(21-13-7-3-8-14-21)25-24(27)23(26-22-15-9-4-10-16-22)18-17-20-11-5-2-6-12-20/h2-19,23,26H,1H3,(H,25,27)/b18-17+. The molecule has 0 saturated carbocycles. The molecule has 0 fully saturated rings. The van der Waals surface area contributed by atoms with Gasteiger partial charge in [-0.15, -0.1) is 0 Å². The first-order chi connectivity index (χ1) is 13.2. The molecule has 0 spiro atoms. The summed E-state index contributed by atoms with van der Waals surface area (Å²) in [6.07, 6.45) is 3.86. The van der Waals surface area contributed by atoms with Crippen molar-refractivity contribution in [2.75, 3.05) is 5.32 Å². The Morgan fingerprint density at radius 3 is 2.00 bits per heavy atom. The van der Waals surface area contributed by atoms with Gasteiger partial charge >= 0.3 is 0 Å². The molecule has 2 N–H and O–H groups in total. The molecule has 3 heteroatoms. The molecule has 0 aromatic heterocycles. The van der Waals surface area contributed by atoms with Crippen LogP contribution in [0.3, 0.4) is 0 Å². The van der Waals surface area contributed by atoms with E-state index in [0.717, 1.165) is 16.8 Å². The topological polar surface area (TPSA) is 41.1 Å². The highest BCUT2D eigenvalue weighted by Crippen LogP contribution is 2.14. The molecule has 3 rings (SSSR count). The molecule has 3 aromatic carbocycles. The van der Waals surface area contributed by atoms with E-state index in [2.05, 4.69) is 10.6 Å². The number of benzene rings is 3. The zero-order chi connectivity index (χ0) is 18.9. The second kappa shape index (κ2) is 9.39. The monoisotopic (exact) mass is 356 g/mol. The molecule has 0 aliphatic carbocycles. The third kappa shape index (κ3) is 5.58. The van der Waals surface area contributed by atoms with Gasteiger partial charge in [-0.2, -0.15) is 0 Å². The van der Waals surface area contributed by atoms with Crippen molar-refractivity contribution in [2.45, 2.75) is 19.0 Å². The molecule has 2 atom stereocenters. The van der Waals surface area contributed by atoms with E-state index < -0.39 is 6.04 Å². The molecule has 0 heterocycles. The molecule has 0 radical (unpaired) electrons. The van der Waals surface area contributed by atoms with Crippen LogP contribution >= 0.6 is 0 Å². The molecule has 0 saturated heterocycles. The lowest BCUT2D eigenvalue weighted by Crippen LogP contribution is -2.39. The molecule has 27 heavy (non-hydrogen) atoms. The van der Waals surface area contributed by atoms with Crippen LogP contribution in [0, 0.1) is 0 Å². The zero-order valence-corrected chi connectivity index (χ0v) is 15.4. The third-order valence-electron chi connectivity index (χ3n) is 4.32. The summed E-state index contributed by atoms with van der Waals surface area (Å²) in [4.78, 5) is 12.9. The van der Waals surface area contributed by atoms with Gasteiger partial charge in [0.2, 0.25) is 5.91 Å². The number of carbonyl (C=O) groups excluding carboxylic acids is 1. The van der Waals surface area contributed by atoms with Crippen LogP contribution in [0.2, 0.25) is 0 Å². The van der Waals surface area contributed by atoms with E-state index in [4.69, 9.17) is 0 Å². The predicted molar refractivity (Wildman–Crippen MR) is 112 cm³/mol. The van der Waals surface area contributed by atoms with Gasteiger partial charge in [0.1, 0.15) is 6.04 Å². The lowest BCUT2D eigenvalue weighted by Gasteiger charge is -2.20. The Kier molecular flexibility index (Phi) is 6.42. The molecule has 3 aromatic rings. The first kappa shape index (κ1) is 18.5. The summed E-state index contributed by atoms with van der Waals surface area (Å²) < 4.78 is 0. The zero-order valence-electron chi connectivity index (χ0n) is 15.4. The number of nitrogens with one attached hydrogen (secondary N) is 2. The average Bonchev–Trinajstić information content (AvgIpc) is 2.73. The van der Waals surface area contributed by atoms with Crippen LogP contribution < -0.4 is 10.6 Å². The molecular weight excluding hydrogens is 332 g/mol. The second-order valence-corrected chi connectivity index (χ2v) is 6.40. The second-order valence-electron chi connectivity index (χ2n) is 6.40. The highest BCUT2D eigenvalue weighted by Gasteiger charge is 2.18. The summed E-state index contributed by atoms with van der Waals surface area (Å²) in [5, 5.41) is 6.41. The summed E-state index contributed by atoms with van der Waals surface area (Å²) in [7, 11) is 0. The van der Waals surface area contributed by atoms with E-state index >= 15 is 0 Å². The number of amides is 1. The molecule has 0 bridgehead atoms. The minimum absolute atomic E-state index is 0.0658. The van der Waals surface area contributed by atoms with E-state index in [9.17, 15) is 4.79 Å². The summed E-state index contributed by atoms with van der Waals surface area (Å²) in [6.45, 7) is 1.99. The molecule has 2 unspecified atom stereocenters. The van der Waals surface area contributed by atoms with Crippen LogP contribution in [-0.4, -0.2) is 11.9 Å². The fourth-order valence-corrected chi connectivity index (χ4v) is 2.81. The summed E-state index contributed by atoms with van der Waals surface area (Å²) in [5.41, 5.74) is 3.04. The van der Waals surface area contributed by atoms with Crippen molar-refractivity contribution in [3.05, 3.63) is 108 Å². The van der Waals surface area contributed by atoms with Crippen molar-refractivity contribution in [1.29, 1.82) is 0 Å². The normalized spacial score (nSPS) is 13.1. The number of carbonyl (C=O) groups is 1. The lowest BCUT2D eigenvalue weighted by atomic mass is 10.1. The fourth-order valence-electron chi connectivity index (χ4n) is 2.81. The first-order valence-corrected chi connectivity index (χ1v) is 9.12. The van der Waals surface area contributed by atoms with Gasteiger partial charge in [0.25, 0.3) is 0 Å². The molecule has 3 nitrogen and oxygen atoms in total. The fraction of sp³-hybridized carbons (Fsp3) is 0.125. The van der Waals surface area contributed by atoms with Crippen LogP contribution in [-0.2, 0) is 4.79 Å². The van der Waals surface area contributed by atoms with Crippen LogP contribution in [0.5, 0.6) is 0 Å².